The molecule has 6 fully saturated rings. The predicted octanol–water partition coefficient (Wildman–Crippen LogP) is 3.78. The summed E-state index contributed by atoms with van der Waals surface area (Å²) in [4.78, 5) is 81.9. The number of carbonyl (C=O) groups excluding carboxylic acids is 6. The van der Waals surface area contributed by atoms with Crippen LogP contribution in [-0.2, 0) is 28.7 Å². The molecule has 2 heterocycles. The summed E-state index contributed by atoms with van der Waals surface area (Å²) in [7, 11) is 0. The maximum Gasteiger partial charge on any atom is 0.329 e. The molecule has 6 aliphatic rings. The van der Waals surface area contributed by atoms with E-state index in [0.29, 0.717) is 30.2 Å². The average molecular weight is 640 g/mol. The minimum atomic E-state index is -1.13. The van der Waals surface area contributed by atoms with Gasteiger partial charge in [-0.1, -0.05) is 28.1 Å². The molecule has 1 aromatic carbocycles. The first-order valence-corrected chi connectivity index (χ1v) is 16.2. The smallest absolute Gasteiger partial charge is 0.329 e. The van der Waals surface area contributed by atoms with Crippen LogP contribution in [0, 0.1) is 47.3 Å². The highest BCUT2D eigenvalue weighted by Crippen LogP contribution is 2.57. The van der Waals surface area contributed by atoms with E-state index in [-0.39, 0.29) is 77.9 Å². The first kappa shape index (κ1) is 27.9. The zero-order chi connectivity index (χ0) is 29.3. The molecule has 2 aliphatic heterocycles. The van der Waals surface area contributed by atoms with Crippen LogP contribution in [0.1, 0.15) is 68.1 Å². The molecule has 4 bridgehead atoms. The Morgan fingerprint density at radius 1 is 0.762 bits per heavy atom. The fourth-order valence-corrected chi connectivity index (χ4v) is 9.61. The van der Waals surface area contributed by atoms with Gasteiger partial charge in [-0.05, 0) is 93.6 Å². The molecule has 2 saturated heterocycles. The Morgan fingerprint density at radius 2 is 1.26 bits per heavy atom. The Balaban J connectivity index is 1.02. The number of esters is 1. The summed E-state index contributed by atoms with van der Waals surface area (Å²) < 4.78 is 6.25. The second-order valence-corrected chi connectivity index (χ2v) is 14.1. The van der Waals surface area contributed by atoms with Gasteiger partial charge in [-0.2, -0.15) is 0 Å². The lowest BCUT2D eigenvalue weighted by molar-refractivity contribution is -0.159. The summed E-state index contributed by atoms with van der Waals surface area (Å²) in [5, 5.41) is 0. The molecule has 0 N–H and O–H groups in total. The second kappa shape index (κ2) is 10.7. The molecule has 42 heavy (non-hydrogen) atoms. The molecule has 4 aliphatic carbocycles. The third-order valence-corrected chi connectivity index (χ3v) is 11.7. The number of benzene rings is 1. The van der Waals surface area contributed by atoms with Crippen LogP contribution in [0.15, 0.2) is 28.7 Å². The first-order chi connectivity index (χ1) is 20.2. The molecule has 0 spiro atoms. The van der Waals surface area contributed by atoms with Crippen molar-refractivity contribution >= 4 is 51.3 Å². The molecule has 7 rings (SSSR count). The van der Waals surface area contributed by atoms with Crippen LogP contribution in [0.3, 0.4) is 0 Å². The van der Waals surface area contributed by atoms with E-state index < -0.39 is 18.6 Å². The maximum atomic E-state index is 13.6. The van der Waals surface area contributed by atoms with Gasteiger partial charge in [0.05, 0.1) is 23.7 Å². The summed E-state index contributed by atoms with van der Waals surface area (Å²) in [5.74, 6) is -1.95. The number of fused-ring (bicyclic) bond motifs is 10. The zero-order valence-electron chi connectivity index (χ0n) is 23.4. The van der Waals surface area contributed by atoms with Gasteiger partial charge in [0.2, 0.25) is 23.6 Å². The topological polar surface area (TPSA) is 118 Å². The Hall–Kier alpha value is -2.88. The molecular formula is C32H35BrN2O7. The lowest BCUT2D eigenvalue weighted by Crippen LogP contribution is -2.47. The third-order valence-electron chi connectivity index (χ3n) is 11.2. The summed E-state index contributed by atoms with van der Waals surface area (Å²) in [6.45, 7) is -0.224. The molecule has 10 heteroatoms. The number of hydrogen-bond donors (Lipinski definition) is 0. The Kier molecular flexibility index (Phi) is 7.10. The SMILES string of the molecule is O=C(COC(=O)[C@@H](CCCCN1C(=O)[C@H]2[C@@H]3CC[C@H](C3)[C@@H]2C1=O)N1C(=O)[C@@H]2[C@@H]3CC[C@H](C3)[C@@H]2C1=O)c1ccc(Br)cc1. The van der Waals surface area contributed by atoms with Gasteiger partial charge in [0.1, 0.15) is 6.04 Å². The number of amides is 4. The number of unbranched alkanes of at least 4 members (excludes halogenated alkanes) is 1. The number of imide groups is 2. The standard InChI is InChI=1S/C32H35BrN2O7/c33-21-10-8-16(9-11-21)23(36)15-42-32(41)22(35-30(39)26-19-6-7-20(14-19)27(26)31(35)40)3-1-2-12-34-28(37)24-17-4-5-18(13-17)25(24)29(34)38/h8-11,17-20,22,24-27H,1-7,12-15H2/t17-,18-,19-,20-,22-,24+,25+,26-,27+/m1/s1. The van der Waals surface area contributed by atoms with Crippen molar-refractivity contribution in [3.8, 4) is 0 Å². The molecule has 0 radical (unpaired) electrons. The zero-order valence-corrected chi connectivity index (χ0v) is 25.0. The maximum absolute atomic E-state index is 13.6. The Bertz CT molecular complexity index is 1300. The number of halogens is 1. The molecule has 9 atom stereocenters. The second-order valence-electron chi connectivity index (χ2n) is 13.2. The molecule has 1 aromatic rings. The van der Waals surface area contributed by atoms with Crippen LogP contribution < -0.4 is 0 Å². The van der Waals surface area contributed by atoms with E-state index >= 15 is 0 Å². The van der Waals surface area contributed by atoms with E-state index in [4.69, 9.17) is 4.74 Å². The lowest BCUT2D eigenvalue weighted by Gasteiger charge is -2.26. The fraction of sp³-hybridized carbons (Fsp3) is 0.625. The van der Waals surface area contributed by atoms with Crippen LogP contribution in [0.25, 0.3) is 0 Å². The summed E-state index contributed by atoms with van der Waals surface area (Å²) in [5.41, 5.74) is 0.389. The van der Waals surface area contributed by atoms with Crippen molar-refractivity contribution in [2.24, 2.45) is 47.3 Å². The van der Waals surface area contributed by atoms with Gasteiger partial charge in [0.15, 0.2) is 12.4 Å². The number of nitrogens with zero attached hydrogens (tertiary/aromatic N) is 2. The van der Waals surface area contributed by atoms with E-state index in [1.165, 1.54) is 4.90 Å². The number of hydrogen-bond acceptors (Lipinski definition) is 7. The molecular weight excluding hydrogens is 604 g/mol. The number of likely N-dealkylation sites (tertiary alicyclic amines) is 2. The number of carbonyl (C=O) groups is 6. The highest BCUT2D eigenvalue weighted by molar-refractivity contribution is 9.10. The fourth-order valence-electron chi connectivity index (χ4n) is 9.34. The van der Waals surface area contributed by atoms with Gasteiger partial charge in [-0.15, -0.1) is 0 Å². The number of rotatable bonds is 10. The number of ketones is 1. The molecule has 4 saturated carbocycles. The van der Waals surface area contributed by atoms with E-state index in [2.05, 4.69) is 15.9 Å². The number of ether oxygens (including phenoxy) is 1. The lowest BCUT2D eigenvalue weighted by atomic mass is 9.81. The third kappa shape index (κ3) is 4.38. The van der Waals surface area contributed by atoms with E-state index in [0.717, 1.165) is 47.9 Å². The van der Waals surface area contributed by atoms with Crippen molar-refractivity contribution in [3.05, 3.63) is 34.3 Å². The quantitative estimate of drug-likeness (QED) is 0.166. The molecule has 4 amide bonds. The predicted molar refractivity (Wildman–Crippen MR) is 151 cm³/mol. The van der Waals surface area contributed by atoms with E-state index in [1.807, 2.05) is 0 Å². The number of Topliss-reactive ketones (excluding diaryl/α,β-unsaturated/α-hetero) is 1. The van der Waals surface area contributed by atoms with Crippen molar-refractivity contribution in [2.45, 2.75) is 63.8 Å². The van der Waals surface area contributed by atoms with E-state index in [9.17, 15) is 28.8 Å². The molecule has 0 unspecified atom stereocenters. The Labute approximate surface area is 252 Å². The van der Waals surface area contributed by atoms with Crippen molar-refractivity contribution in [1.29, 1.82) is 0 Å². The molecule has 222 valence electrons. The first-order valence-electron chi connectivity index (χ1n) is 15.4. The highest BCUT2D eigenvalue weighted by Gasteiger charge is 2.63. The van der Waals surface area contributed by atoms with E-state index in [1.54, 1.807) is 24.3 Å². The van der Waals surface area contributed by atoms with Gasteiger partial charge in [0.25, 0.3) is 0 Å². The van der Waals surface area contributed by atoms with Crippen LogP contribution >= 0.6 is 15.9 Å². The van der Waals surface area contributed by atoms with Gasteiger partial charge in [-0.25, -0.2) is 4.79 Å². The largest absolute Gasteiger partial charge is 0.456 e. The van der Waals surface area contributed by atoms with Crippen LogP contribution in [0.4, 0.5) is 0 Å². The van der Waals surface area contributed by atoms with Gasteiger partial charge in [0, 0.05) is 16.6 Å². The Morgan fingerprint density at radius 3 is 1.79 bits per heavy atom. The van der Waals surface area contributed by atoms with Crippen molar-refractivity contribution in [2.75, 3.05) is 13.2 Å². The van der Waals surface area contributed by atoms with Crippen LogP contribution in [0.2, 0.25) is 0 Å². The van der Waals surface area contributed by atoms with Crippen LogP contribution in [0.5, 0.6) is 0 Å². The van der Waals surface area contributed by atoms with Gasteiger partial charge in [-0.3, -0.25) is 33.8 Å². The molecule has 0 aromatic heterocycles. The minimum Gasteiger partial charge on any atom is -0.456 e. The monoisotopic (exact) mass is 638 g/mol. The van der Waals surface area contributed by atoms with Gasteiger partial charge < -0.3 is 4.74 Å². The van der Waals surface area contributed by atoms with Crippen molar-refractivity contribution in [3.63, 3.8) is 0 Å². The summed E-state index contributed by atoms with van der Waals surface area (Å²) in [6.07, 6.45) is 6.80. The van der Waals surface area contributed by atoms with Crippen LogP contribution in [-0.4, -0.2) is 64.4 Å². The minimum absolute atomic E-state index is 0.0622. The highest BCUT2D eigenvalue weighted by atomic mass is 79.9. The van der Waals surface area contributed by atoms with Crippen molar-refractivity contribution < 1.29 is 33.5 Å². The van der Waals surface area contributed by atoms with Gasteiger partial charge >= 0.3 is 5.97 Å². The molecule has 9 nitrogen and oxygen atoms in total. The van der Waals surface area contributed by atoms with Crippen molar-refractivity contribution in [1.82, 2.24) is 9.80 Å². The summed E-state index contributed by atoms with van der Waals surface area (Å²) >= 11 is 3.33. The summed E-state index contributed by atoms with van der Waals surface area (Å²) in [6, 6.07) is 5.57. The normalized spacial score (nSPS) is 34.9. The average Bonchev–Trinajstić information content (AvgIpc) is 3.83.